The van der Waals surface area contributed by atoms with Crippen LogP contribution < -0.4 is 5.73 Å². The summed E-state index contributed by atoms with van der Waals surface area (Å²) in [5, 5.41) is 0. The molecule has 2 N–H and O–H groups in total. The number of rotatable bonds is 4. The molecule has 0 aliphatic carbocycles. The highest BCUT2D eigenvalue weighted by Gasteiger charge is 2.32. The molecular formula is C15H24BrN3O. The summed E-state index contributed by atoms with van der Waals surface area (Å²) in [6.45, 7) is 6.54. The summed E-state index contributed by atoms with van der Waals surface area (Å²) in [4.78, 5) is 14.8. The zero-order chi connectivity index (χ0) is 14.7. The molecule has 5 heteroatoms. The summed E-state index contributed by atoms with van der Waals surface area (Å²) in [5.74, 6) is 0.599. The van der Waals surface area contributed by atoms with Crippen molar-refractivity contribution in [2.24, 2.45) is 11.7 Å². The van der Waals surface area contributed by atoms with Crippen molar-refractivity contribution in [2.75, 3.05) is 13.1 Å². The Balaban J connectivity index is 2.25. The Kier molecular flexibility index (Phi) is 5.27. The lowest BCUT2D eigenvalue weighted by molar-refractivity contribution is 0.0521. The third kappa shape index (κ3) is 3.09. The van der Waals surface area contributed by atoms with Gasteiger partial charge in [0, 0.05) is 36.3 Å². The molecule has 2 unspecified atom stereocenters. The molecule has 0 bridgehead atoms. The molecule has 20 heavy (non-hydrogen) atoms. The Bertz CT molecular complexity index is 472. The summed E-state index contributed by atoms with van der Waals surface area (Å²) < 4.78 is 3.00. The fraction of sp³-hybridized carbons (Fsp3) is 0.667. The lowest BCUT2D eigenvalue weighted by Crippen LogP contribution is -2.51. The second-order valence-corrected chi connectivity index (χ2v) is 6.57. The van der Waals surface area contributed by atoms with E-state index in [1.165, 1.54) is 0 Å². The molecule has 1 aromatic rings. The normalized spacial score (nSPS) is 23.1. The van der Waals surface area contributed by atoms with Crippen LogP contribution in [0.5, 0.6) is 0 Å². The van der Waals surface area contributed by atoms with Gasteiger partial charge in [-0.3, -0.25) is 4.79 Å². The van der Waals surface area contributed by atoms with Crippen LogP contribution in [0.4, 0.5) is 0 Å². The van der Waals surface area contributed by atoms with Crippen molar-refractivity contribution in [3.8, 4) is 0 Å². The highest BCUT2D eigenvalue weighted by molar-refractivity contribution is 9.10. The van der Waals surface area contributed by atoms with Crippen LogP contribution >= 0.6 is 15.9 Å². The van der Waals surface area contributed by atoms with E-state index in [0.717, 1.165) is 42.5 Å². The molecule has 2 rings (SSSR count). The molecule has 1 amide bonds. The maximum absolute atomic E-state index is 12.9. The third-order valence-electron chi connectivity index (χ3n) is 4.16. The molecule has 0 saturated carbocycles. The average molecular weight is 342 g/mol. The lowest BCUT2D eigenvalue weighted by Gasteiger charge is -2.39. The average Bonchev–Trinajstić information content (AvgIpc) is 2.79. The monoisotopic (exact) mass is 341 g/mol. The highest BCUT2D eigenvalue weighted by atomic mass is 79.9. The van der Waals surface area contributed by atoms with Gasteiger partial charge < -0.3 is 15.2 Å². The Morgan fingerprint density at radius 1 is 1.55 bits per heavy atom. The first-order valence-corrected chi connectivity index (χ1v) is 8.24. The van der Waals surface area contributed by atoms with Gasteiger partial charge in [-0.15, -0.1) is 0 Å². The molecule has 2 heterocycles. The third-order valence-corrected chi connectivity index (χ3v) is 4.60. The van der Waals surface area contributed by atoms with Crippen molar-refractivity contribution in [1.82, 2.24) is 9.47 Å². The van der Waals surface area contributed by atoms with Gasteiger partial charge in [-0.25, -0.2) is 0 Å². The van der Waals surface area contributed by atoms with Crippen LogP contribution in [0.3, 0.4) is 0 Å². The Hall–Kier alpha value is -0.810. The number of aryl methyl sites for hydroxylation is 1. The van der Waals surface area contributed by atoms with Crippen molar-refractivity contribution in [3.05, 3.63) is 22.4 Å². The Labute approximate surface area is 129 Å². The standard InChI is InChI=1S/C15H24BrN3O/c1-3-6-18-10-12(16)8-13(18)15(20)19-7-4-5-11(2)14(19)9-17/h8,10-11,14H,3-7,9,17H2,1-2H3. The number of hydrogen-bond acceptors (Lipinski definition) is 2. The number of hydrogen-bond donors (Lipinski definition) is 1. The second-order valence-electron chi connectivity index (χ2n) is 5.66. The predicted octanol–water partition coefficient (Wildman–Crippen LogP) is 2.86. The van der Waals surface area contributed by atoms with Crippen LogP contribution in [-0.2, 0) is 6.54 Å². The van der Waals surface area contributed by atoms with E-state index in [1.54, 1.807) is 0 Å². The smallest absolute Gasteiger partial charge is 0.270 e. The van der Waals surface area contributed by atoms with Gasteiger partial charge >= 0.3 is 0 Å². The van der Waals surface area contributed by atoms with Crippen molar-refractivity contribution < 1.29 is 4.79 Å². The summed E-state index contributed by atoms with van der Waals surface area (Å²) in [5.41, 5.74) is 6.66. The zero-order valence-corrected chi connectivity index (χ0v) is 13.9. The molecule has 1 aliphatic rings. The van der Waals surface area contributed by atoms with Gasteiger partial charge in [0.25, 0.3) is 5.91 Å². The molecule has 0 radical (unpaired) electrons. The summed E-state index contributed by atoms with van der Waals surface area (Å²) >= 11 is 3.47. The van der Waals surface area contributed by atoms with E-state index in [2.05, 4.69) is 29.8 Å². The van der Waals surface area contributed by atoms with Gasteiger partial charge in [-0.2, -0.15) is 0 Å². The van der Waals surface area contributed by atoms with Crippen LogP contribution in [0.1, 0.15) is 43.6 Å². The largest absolute Gasteiger partial charge is 0.342 e. The second kappa shape index (κ2) is 6.76. The van der Waals surface area contributed by atoms with E-state index in [1.807, 2.05) is 21.7 Å². The summed E-state index contributed by atoms with van der Waals surface area (Å²) in [7, 11) is 0. The number of carbonyl (C=O) groups is 1. The van der Waals surface area contributed by atoms with Gasteiger partial charge in [0.2, 0.25) is 0 Å². The van der Waals surface area contributed by atoms with Crippen molar-refractivity contribution in [2.45, 2.75) is 45.7 Å². The van der Waals surface area contributed by atoms with E-state index in [0.29, 0.717) is 12.5 Å². The van der Waals surface area contributed by atoms with Crippen molar-refractivity contribution in [1.29, 1.82) is 0 Å². The van der Waals surface area contributed by atoms with Gasteiger partial charge in [-0.1, -0.05) is 13.8 Å². The van der Waals surface area contributed by atoms with E-state index < -0.39 is 0 Å². The Morgan fingerprint density at radius 2 is 2.30 bits per heavy atom. The summed E-state index contributed by atoms with van der Waals surface area (Å²) in [6, 6.07) is 2.09. The molecule has 2 atom stereocenters. The van der Waals surface area contributed by atoms with Crippen LogP contribution in [0, 0.1) is 5.92 Å². The molecule has 4 nitrogen and oxygen atoms in total. The first-order valence-electron chi connectivity index (χ1n) is 7.45. The first-order chi connectivity index (χ1) is 9.58. The van der Waals surface area contributed by atoms with Gasteiger partial charge in [0.05, 0.1) is 0 Å². The number of likely N-dealkylation sites (tertiary alicyclic amines) is 1. The minimum atomic E-state index is 0.117. The Morgan fingerprint density at radius 3 is 2.95 bits per heavy atom. The van der Waals surface area contributed by atoms with Crippen LogP contribution in [0.25, 0.3) is 0 Å². The highest BCUT2D eigenvalue weighted by Crippen LogP contribution is 2.25. The molecule has 1 saturated heterocycles. The molecule has 1 aliphatic heterocycles. The van der Waals surface area contributed by atoms with E-state index in [9.17, 15) is 4.79 Å². The SMILES string of the molecule is CCCn1cc(Br)cc1C(=O)N1CCCC(C)C1CN. The molecule has 0 spiro atoms. The molecule has 0 aromatic carbocycles. The number of aromatic nitrogens is 1. The molecule has 1 fully saturated rings. The first kappa shape index (κ1) is 15.6. The van der Waals surface area contributed by atoms with Gasteiger partial charge in [0.15, 0.2) is 0 Å². The topological polar surface area (TPSA) is 51.3 Å². The van der Waals surface area contributed by atoms with Gasteiger partial charge in [-0.05, 0) is 47.2 Å². The fourth-order valence-electron chi connectivity index (χ4n) is 3.09. The van der Waals surface area contributed by atoms with Crippen LogP contribution in [0.2, 0.25) is 0 Å². The summed E-state index contributed by atoms with van der Waals surface area (Å²) in [6.07, 6.45) is 5.23. The van der Waals surface area contributed by atoms with E-state index in [4.69, 9.17) is 5.73 Å². The van der Waals surface area contributed by atoms with Crippen molar-refractivity contribution in [3.63, 3.8) is 0 Å². The number of carbonyl (C=O) groups excluding carboxylic acids is 1. The maximum atomic E-state index is 12.9. The number of nitrogens with zero attached hydrogens (tertiary/aromatic N) is 2. The zero-order valence-electron chi connectivity index (χ0n) is 12.3. The number of nitrogens with two attached hydrogens (primary N) is 1. The minimum absolute atomic E-state index is 0.117. The van der Waals surface area contributed by atoms with Crippen LogP contribution in [0.15, 0.2) is 16.7 Å². The molecule has 1 aromatic heterocycles. The molecular weight excluding hydrogens is 318 g/mol. The van der Waals surface area contributed by atoms with E-state index >= 15 is 0 Å². The van der Waals surface area contributed by atoms with Crippen molar-refractivity contribution >= 4 is 21.8 Å². The number of piperidine rings is 1. The lowest BCUT2D eigenvalue weighted by atomic mass is 9.90. The maximum Gasteiger partial charge on any atom is 0.270 e. The number of amides is 1. The van der Waals surface area contributed by atoms with E-state index in [-0.39, 0.29) is 11.9 Å². The fourth-order valence-corrected chi connectivity index (χ4v) is 3.55. The van der Waals surface area contributed by atoms with Gasteiger partial charge in [0.1, 0.15) is 5.69 Å². The minimum Gasteiger partial charge on any atom is -0.342 e. The quantitative estimate of drug-likeness (QED) is 0.915. The van der Waals surface area contributed by atoms with Crippen LogP contribution in [-0.4, -0.2) is 34.5 Å². The molecule has 112 valence electrons. The number of halogens is 1. The predicted molar refractivity (Wildman–Crippen MR) is 84.7 cm³/mol.